The first-order chi connectivity index (χ1) is 9.30. The number of aliphatic hydroxyl groups excluding tert-OH is 1. The maximum atomic E-state index is 11.6. The Morgan fingerprint density at radius 2 is 1.75 bits per heavy atom. The first-order valence-corrected chi connectivity index (χ1v) is 6.89. The van der Waals surface area contributed by atoms with E-state index in [0.717, 1.165) is 17.7 Å². The molecular weight excluding hydrogens is 254 g/mol. The molecular formula is C16H25NO3. The second-order valence-electron chi connectivity index (χ2n) is 6.05. The predicted molar refractivity (Wildman–Crippen MR) is 79.2 cm³/mol. The van der Waals surface area contributed by atoms with Crippen LogP contribution in [0.15, 0.2) is 24.3 Å². The highest BCUT2D eigenvalue weighted by Gasteiger charge is 2.16. The minimum absolute atomic E-state index is 0.0642. The average molecular weight is 279 g/mol. The number of esters is 1. The molecule has 0 aromatic heterocycles. The van der Waals surface area contributed by atoms with E-state index in [1.54, 1.807) is 0 Å². The molecule has 4 heteroatoms. The van der Waals surface area contributed by atoms with Gasteiger partial charge in [0.15, 0.2) is 0 Å². The lowest BCUT2D eigenvalue weighted by molar-refractivity contribution is -0.155. The number of aliphatic hydroxyl groups is 1. The second kappa shape index (κ2) is 7.41. The third-order valence-electron chi connectivity index (χ3n) is 2.78. The zero-order chi connectivity index (χ0) is 15.2. The number of nitrogens with zero attached hydrogens (tertiary/aromatic N) is 1. The van der Waals surface area contributed by atoms with Gasteiger partial charge in [0.25, 0.3) is 0 Å². The SMILES string of the molecule is CN(CCC(=O)OC(C)(C)C)Cc1ccc(CO)cc1. The van der Waals surface area contributed by atoms with Crippen LogP contribution in [0.3, 0.4) is 0 Å². The smallest absolute Gasteiger partial charge is 0.307 e. The Balaban J connectivity index is 2.36. The Bertz CT molecular complexity index is 420. The van der Waals surface area contributed by atoms with Crippen molar-refractivity contribution in [1.29, 1.82) is 0 Å². The van der Waals surface area contributed by atoms with Gasteiger partial charge in [0.1, 0.15) is 5.60 Å². The van der Waals surface area contributed by atoms with E-state index in [1.807, 2.05) is 52.1 Å². The van der Waals surface area contributed by atoms with Crippen molar-refractivity contribution in [3.8, 4) is 0 Å². The fraction of sp³-hybridized carbons (Fsp3) is 0.562. The van der Waals surface area contributed by atoms with Crippen LogP contribution in [0, 0.1) is 0 Å². The van der Waals surface area contributed by atoms with Gasteiger partial charge < -0.3 is 14.7 Å². The number of rotatable bonds is 6. The third kappa shape index (κ3) is 6.68. The summed E-state index contributed by atoms with van der Waals surface area (Å²) in [6, 6.07) is 7.82. The quantitative estimate of drug-likeness (QED) is 0.812. The molecule has 0 spiro atoms. The van der Waals surface area contributed by atoms with Gasteiger partial charge in [0.05, 0.1) is 13.0 Å². The summed E-state index contributed by atoms with van der Waals surface area (Å²) < 4.78 is 5.28. The molecule has 1 aromatic rings. The van der Waals surface area contributed by atoms with Gasteiger partial charge in [0, 0.05) is 13.1 Å². The molecule has 20 heavy (non-hydrogen) atoms. The molecule has 0 saturated heterocycles. The molecule has 0 aliphatic carbocycles. The van der Waals surface area contributed by atoms with Crippen molar-refractivity contribution in [1.82, 2.24) is 4.90 Å². The van der Waals surface area contributed by atoms with Gasteiger partial charge in [-0.1, -0.05) is 24.3 Å². The Morgan fingerprint density at radius 1 is 1.20 bits per heavy atom. The number of carbonyl (C=O) groups is 1. The summed E-state index contributed by atoms with van der Waals surface area (Å²) in [5, 5.41) is 8.99. The van der Waals surface area contributed by atoms with E-state index in [9.17, 15) is 4.79 Å². The van der Waals surface area contributed by atoms with E-state index < -0.39 is 5.60 Å². The highest BCUT2D eigenvalue weighted by Crippen LogP contribution is 2.10. The largest absolute Gasteiger partial charge is 0.460 e. The van der Waals surface area contributed by atoms with Gasteiger partial charge in [-0.2, -0.15) is 0 Å². The van der Waals surface area contributed by atoms with Crippen molar-refractivity contribution in [3.63, 3.8) is 0 Å². The van der Waals surface area contributed by atoms with Crippen LogP contribution in [0.25, 0.3) is 0 Å². The maximum Gasteiger partial charge on any atom is 0.307 e. The lowest BCUT2D eigenvalue weighted by atomic mass is 10.1. The first-order valence-electron chi connectivity index (χ1n) is 6.89. The second-order valence-corrected chi connectivity index (χ2v) is 6.05. The van der Waals surface area contributed by atoms with Crippen LogP contribution < -0.4 is 0 Å². The molecule has 0 atom stereocenters. The molecule has 4 nitrogen and oxygen atoms in total. The van der Waals surface area contributed by atoms with Crippen molar-refractivity contribution >= 4 is 5.97 Å². The summed E-state index contributed by atoms with van der Waals surface area (Å²) in [4.78, 5) is 13.7. The molecule has 0 amide bonds. The van der Waals surface area contributed by atoms with Crippen molar-refractivity contribution in [2.24, 2.45) is 0 Å². The molecule has 0 aliphatic heterocycles. The van der Waals surface area contributed by atoms with Gasteiger partial charge in [-0.15, -0.1) is 0 Å². The Kier molecular flexibility index (Phi) is 6.17. The number of carbonyl (C=O) groups excluding carboxylic acids is 1. The van der Waals surface area contributed by atoms with Crippen molar-refractivity contribution in [2.75, 3.05) is 13.6 Å². The minimum atomic E-state index is -0.421. The summed E-state index contributed by atoms with van der Waals surface area (Å²) in [5.41, 5.74) is 1.65. The van der Waals surface area contributed by atoms with Crippen LogP contribution >= 0.6 is 0 Å². The number of ether oxygens (including phenoxy) is 1. The molecule has 0 fully saturated rings. The summed E-state index contributed by atoms with van der Waals surface area (Å²) in [6.07, 6.45) is 0.391. The van der Waals surface area contributed by atoms with Crippen molar-refractivity contribution < 1.29 is 14.6 Å². The first kappa shape index (κ1) is 16.7. The molecule has 0 heterocycles. The summed E-state index contributed by atoms with van der Waals surface area (Å²) in [5.74, 6) is -0.167. The summed E-state index contributed by atoms with van der Waals surface area (Å²) >= 11 is 0. The van der Waals surface area contributed by atoms with Gasteiger partial charge >= 0.3 is 5.97 Å². The molecule has 1 aromatic carbocycles. The number of hydrogen-bond donors (Lipinski definition) is 1. The van der Waals surface area contributed by atoms with Gasteiger partial charge in [-0.25, -0.2) is 0 Å². The van der Waals surface area contributed by atoms with E-state index in [2.05, 4.69) is 4.90 Å². The minimum Gasteiger partial charge on any atom is -0.460 e. The zero-order valence-electron chi connectivity index (χ0n) is 12.8. The molecule has 112 valence electrons. The molecule has 0 radical (unpaired) electrons. The van der Waals surface area contributed by atoms with Crippen LogP contribution in [-0.4, -0.2) is 35.2 Å². The van der Waals surface area contributed by atoms with Crippen LogP contribution in [0.1, 0.15) is 38.3 Å². The molecule has 1 rings (SSSR count). The zero-order valence-corrected chi connectivity index (χ0v) is 12.8. The molecule has 0 aliphatic rings. The van der Waals surface area contributed by atoms with Gasteiger partial charge in [-0.3, -0.25) is 4.79 Å². The normalized spacial score (nSPS) is 11.7. The van der Waals surface area contributed by atoms with Gasteiger partial charge in [-0.05, 0) is 38.9 Å². The lowest BCUT2D eigenvalue weighted by Crippen LogP contribution is -2.27. The third-order valence-corrected chi connectivity index (χ3v) is 2.78. The monoisotopic (exact) mass is 279 g/mol. The van der Waals surface area contributed by atoms with Crippen molar-refractivity contribution in [3.05, 3.63) is 35.4 Å². The fourth-order valence-corrected chi connectivity index (χ4v) is 1.82. The highest BCUT2D eigenvalue weighted by atomic mass is 16.6. The molecule has 1 N–H and O–H groups in total. The summed E-state index contributed by atoms with van der Waals surface area (Å²) in [6.45, 7) is 7.12. The van der Waals surface area contributed by atoms with Crippen LogP contribution in [-0.2, 0) is 22.7 Å². The Hall–Kier alpha value is -1.39. The van der Waals surface area contributed by atoms with Crippen LogP contribution in [0.4, 0.5) is 0 Å². The molecule has 0 bridgehead atoms. The standard InChI is InChI=1S/C16H25NO3/c1-16(2,3)20-15(19)9-10-17(4)11-13-5-7-14(12-18)8-6-13/h5-8,18H,9-12H2,1-4H3. The number of hydrogen-bond acceptors (Lipinski definition) is 4. The number of benzene rings is 1. The average Bonchev–Trinajstić information content (AvgIpc) is 2.35. The van der Waals surface area contributed by atoms with Crippen molar-refractivity contribution in [2.45, 2.75) is 45.9 Å². The topological polar surface area (TPSA) is 49.8 Å². The van der Waals surface area contributed by atoms with Gasteiger partial charge in [0.2, 0.25) is 0 Å². The predicted octanol–water partition coefficient (Wildman–Crippen LogP) is 2.34. The highest BCUT2D eigenvalue weighted by molar-refractivity contribution is 5.70. The molecule has 0 unspecified atom stereocenters. The molecule has 0 saturated carbocycles. The maximum absolute atomic E-state index is 11.6. The van der Waals surface area contributed by atoms with E-state index in [4.69, 9.17) is 9.84 Å². The van der Waals surface area contributed by atoms with E-state index in [0.29, 0.717) is 13.0 Å². The van der Waals surface area contributed by atoms with E-state index >= 15 is 0 Å². The lowest BCUT2D eigenvalue weighted by Gasteiger charge is -2.21. The van der Waals surface area contributed by atoms with E-state index in [-0.39, 0.29) is 12.6 Å². The Labute approximate surface area is 121 Å². The van der Waals surface area contributed by atoms with Crippen LogP contribution in [0.2, 0.25) is 0 Å². The fourth-order valence-electron chi connectivity index (χ4n) is 1.82. The van der Waals surface area contributed by atoms with E-state index in [1.165, 1.54) is 0 Å². The Morgan fingerprint density at radius 3 is 2.25 bits per heavy atom. The summed E-state index contributed by atoms with van der Waals surface area (Å²) in [7, 11) is 1.98. The van der Waals surface area contributed by atoms with Crippen LogP contribution in [0.5, 0.6) is 0 Å².